The molecule has 0 aliphatic rings. The molecule has 2 rings (SSSR count). The van der Waals surface area contributed by atoms with Crippen molar-refractivity contribution in [3.8, 4) is 11.1 Å². The molecule has 2 unspecified atom stereocenters. The highest BCUT2D eigenvalue weighted by Crippen LogP contribution is 2.21. The van der Waals surface area contributed by atoms with Gasteiger partial charge in [0.25, 0.3) is 0 Å². The Labute approximate surface area is 149 Å². The molecule has 3 N–H and O–H groups in total. The van der Waals surface area contributed by atoms with Crippen molar-refractivity contribution in [1.82, 2.24) is 15.6 Å². The van der Waals surface area contributed by atoms with Crippen molar-refractivity contribution in [2.45, 2.75) is 39.3 Å². The number of aliphatic hydroxyl groups is 1. The number of aromatic nitrogens is 1. The fraction of sp³-hybridized carbons (Fsp3) is 0.400. The number of nitrogens with zero attached hydrogens (tertiary/aromatic N) is 1. The molecule has 2 aromatic rings. The van der Waals surface area contributed by atoms with Gasteiger partial charge in [-0.25, -0.2) is 4.79 Å². The largest absolute Gasteiger partial charge is 0.388 e. The normalized spacial score (nSPS) is 14.6. The summed E-state index contributed by atoms with van der Waals surface area (Å²) in [5, 5.41) is 15.8. The molecule has 0 aliphatic heterocycles. The van der Waals surface area contributed by atoms with Crippen LogP contribution in [0.15, 0.2) is 48.8 Å². The van der Waals surface area contributed by atoms with Crippen LogP contribution in [0.4, 0.5) is 4.79 Å². The Hall–Kier alpha value is -2.40. The van der Waals surface area contributed by atoms with Crippen molar-refractivity contribution in [3.63, 3.8) is 0 Å². The molecular formula is C20H27N3O2. The molecule has 0 bridgehead atoms. The van der Waals surface area contributed by atoms with Gasteiger partial charge in [-0.3, -0.25) is 4.98 Å². The summed E-state index contributed by atoms with van der Waals surface area (Å²) in [6.45, 7) is 7.71. The van der Waals surface area contributed by atoms with Crippen LogP contribution in [0.2, 0.25) is 0 Å². The number of carbonyl (C=O) groups is 1. The first-order chi connectivity index (χ1) is 11.8. The van der Waals surface area contributed by atoms with Crippen LogP contribution < -0.4 is 10.6 Å². The Morgan fingerprint density at radius 1 is 1.08 bits per heavy atom. The van der Waals surface area contributed by atoms with E-state index in [9.17, 15) is 9.90 Å². The maximum absolute atomic E-state index is 12.0. The van der Waals surface area contributed by atoms with E-state index in [4.69, 9.17) is 0 Å². The van der Waals surface area contributed by atoms with Crippen LogP contribution >= 0.6 is 0 Å². The first-order valence-corrected chi connectivity index (χ1v) is 8.56. The molecule has 0 saturated heterocycles. The standard InChI is InChI=1S/C20H27N3O2/c1-14(2)20(4,25)13-22-19(24)23-15(3)16-5-7-17(8-6-16)18-9-11-21-12-10-18/h5-12,14-15,25H,13H2,1-4H3,(H2,22,23,24). The van der Waals surface area contributed by atoms with Gasteiger partial charge in [-0.1, -0.05) is 38.1 Å². The highest BCUT2D eigenvalue weighted by molar-refractivity contribution is 5.74. The van der Waals surface area contributed by atoms with Gasteiger partial charge in [-0.15, -0.1) is 0 Å². The van der Waals surface area contributed by atoms with Crippen molar-refractivity contribution >= 4 is 6.03 Å². The molecule has 5 heteroatoms. The van der Waals surface area contributed by atoms with E-state index >= 15 is 0 Å². The van der Waals surface area contributed by atoms with Crippen LogP contribution in [0.1, 0.15) is 39.3 Å². The summed E-state index contributed by atoms with van der Waals surface area (Å²) in [6, 6.07) is 11.6. The van der Waals surface area contributed by atoms with E-state index in [0.29, 0.717) is 0 Å². The molecule has 0 radical (unpaired) electrons. The molecule has 5 nitrogen and oxygen atoms in total. The number of pyridine rings is 1. The first kappa shape index (κ1) is 18.9. The molecule has 2 atom stereocenters. The number of urea groups is 1. The molecule has 134 valence electrons. The molecule has 1 aromatic heterocycles. The highest BCUT2D eigenvalue weighted by Gasteiger charge is 2.25. The van der Waals surface area contributed by atoms with E-state index in [-0.39, 0.29) is 24.5 Å². The third-order valence-electron chi connectivity index (χ3n) is 4.62. The van der Waals surface area contributed by atoms with E-state index in [0.717, 1.165) is 16.7 Å². The summed E-state index contributed by atoms with van der Waals surface area (Å²) in [4.78, 5) is 16.1. The van der Waals surface area contributed by atoms with Gasteiger partial charge < -0.3 is 15.7 Å². The number of nitrogens with one attached hydrogen (secondary N) is 2. The topological polar surface area (TPSA) is 74.2 Å². The summed E-state index contributed by atoms with van der Waals surface area (Å²) in [6.07, 6.45) is 3.54. The van der Waals surface area contributed by atoms with Gasteiger partial charge in [0.05, 0.1) is 11.6 Å². The predicted molar refractivity (Wildman–Crippen MR) is 100 cm³/mol. The smallest absolute Gasteiger partial charge is 0.315 e. The maximum Gasteiger partial charge on any atom is 0.315 e. The zero-order valence-electron chi connectivity index (χ0n) is 15.3. The summed E-state index contributed by atoms with van der Waals surface area (Å²) >= 11 is 0. The van der Waals surface area contributed by atoms with Crippen molar-refractivity contribution in [3.05, 3.63) is 54.4 Å². The van der Waals surface area contributed by atoms with Gasteiger partial charge in [0.2, 0.25) is 0 Å². The zero-order chi connectivity index (χ0) is 18.4. The minimum atomic E-state index is -0.924. The predicted octanol–water partition coefficient (Wildman–Crippen LogP) is 3.52. The van der Waals surface area contributed by atoms with Crippen LogP contribution in [0, 0.1) is 5.92 Å². The number of carbonyl (C=O) groups excluding carboxylic acids is 1. The van der Waals surface area contributed by atoms with Gasteiger partial charge in [0.15, 0.2) is 0 Å². The summed E-state index contributed by atoms with van der Waals surface area (Å²) in [5.41, 5.74) is 2.31. The number of rotatable bonds is 6. The van der Waals surface area contributed by atoms with Crippen molar-refractivity contribution in [2.75, 3.05) is 6.54 Å². The van der Waals surface area contributed by atoms with Crippen molar-refractivity contribution < 1.29 is 9.90 Å². The SMILES string of the molecule is CC(NC(=O)NCC(C)(O)C(C)C)c1ccc(-c2ccncc2)cc1. The van der Waals surface area contributed by atoms with Crippen LogP contribution in [0.25, 0.3) is 11.1 Å². The second-order valence-electron chi connectivity index (χ2n) is 6.92. The summed E-state index contributed by atoms with van der Waals surface area (Å²) in [5.74, 6) is 0.0611. The molecule has 2 amide bonds. The number of hydrogen-bond acceptors (Lipinski definition) is 3. The molecule has 1 aromatic carbocycles. The minimum absolute atomic E-state index is 0.0611. The third-order valence-corrected chi connectivity index (χ3v) is 4.62. The van der Waals surface area contributed by atoms with Crippen molar-refractivity contribution in [1.29, 1.82) is 0 Å². The average Bonchev–Trinajstić information content (AvgIpc) is 2.61. The lowest BCUT2D eigenvalue weighted by Gasteiger charge is -2.28. The van der Waals surface area contributed by atoms with E-state index in [1.165, 1.54) is 0 Å². The Balaban J connectivity index is 1.92. The molecule has 0 saturated carbocycles. The lowest BCUT2D eigenvalue weighted by Crippen LogP contribution is -2.47. The van der Waals surface area contributed by atoms with E-state index in [2.05, 4.69) is 15.6 Å². The Morgan fingerprint density at radius 2 is 1.64 bits per heavy atom. The molecule has 1 heterocycles. The fourth-order valence-corrected chi connectivity index (χ4v) is 2.30. The highest BCUT2D eigenvalue weighted by atomic mass is 16.3. The number of benzene rings is 1. The monoisotopic (exact) mass is 341 g/mol. The lowest BCUT2D eigenvalue weighted by molar-refractivity contribution is 0.0165. The van der Waals surface area contributed by atoms with Gasteiger partial charge in [-0.2, -0.15) is 0 Å². The number of hydrogen-bond donors (Lipinski definition) is 3. The molecule has 0 fully saturated rings. The third kappa shape index (κ3) is 5.29. The minimum Gasteiger partial charge on any atom is -0.388 e. The van der Waals surface area contributed by atoms with Crippen LogP contribution in [-0.4, -0.2) is 28.3 Å². The van der Waals surface area contributed by atoms with Gasteiger partial charge in [0.1, 0.15) is 0 Å². The first-order valence-electron chi connectivity index (χ1n) is 8.56. The summed E-state index contributed by atoms with van der Waals surface area (Å²) in [7, 11) is 0. The second-order valence-corrected chi connectivity index (χ2v) is 6.92. The van der Waals surface area contributed by atoms with Gasteiger partial charge in [0, 0.05) is 18.9 Å². The summed E-state index contributed by atoms with van der Waals surface area (Å²) < 4.78 is 0. The second kappa shape index (κ2) is 8.12. The van der Waals surface area contributed by atoms with Gasteiger partial charge in [-0.05, 0) is 48.6 Å². The molecule has 0 spiro atoms. The van der Waals surface area contributed by atoms with Crippen LogP contribution in [-0.2, 0) is 0 Å². The van der Waals surface area contributed by atoms with E-state index in [1.54, 1.807) is 19.3 Å². The van der Waals surface area contributed by atoms with Crippen molar-refractivity contribution in [2.24, 2.45) is 5.92 Å². The quantitative estimate of drug-likeness (QED) is 0.752. The Morgan fingerprint density at radius 3 is 2.20 bits per heavy atom. The van der Waals surface area contributed by atoms with E-state index in [1.807, 2.05) is 57.2 Å². The Kier molecular flexibility index (Phi) is 6.15. The molecule has 25 heavy (non-hydrogen) atoms. The maximum atomic E-state index is 12.0. The lowest BCUT2D eigenvalue weighted by atomic mass is 9.93. The van der Waals surface area contributed by atoms with Crippen LogP contribution in [0.5, 0.6) is 0 Å². The molecular weight excluding hydrogens is 314 g/mol. The zero-order valence-corrected chi connectivity index (χ0v) is 15.3. The Bertz CT molecular complexity index is 682. The van der Waals surface area contributed by atoms with Gasteiger partial charge >= 0.3 is 6.03 Å². The fourth-order valence-electron chi connectivity index (χ4n) is 2.30. The van der Waals surface area contributed by atoms with E-state index < -0.39 is 5.60 Å². The molecule has 0 aliphatic carbocycles. The number of amides is 2. The van der Waals surface area contributed by atoms with Crippen LogP contribution in [0.3, 0.4) is 0 Å². The average molecular weight is 341 g/mol.